The monoisotopic (exact) mass is 326 g/mol. The maximum atomic E-state index is 12.2. The predicted molar refractivity (Wildman–Crippen MR) is 98.0 cm³/mol. The number of benzene rings is 2. The second kappa shape index (κ2) is 8.50. The van der Waals surface area contributed by atoms with Gasteiger partial charge in [0.2, 0.25) is 5.91 Å². The first kappa shape index (κ1) is 18.0. The van der Waals surface area contributed by atoms with Gasteiger partial charge in [-0.3, -0.25) is 4.79 Å². The molecular weight excluding hydrogens is 300 g/mol. The van der Waals surface area contributed by atoms with Crippen molar-refractivity contribution in [1.29, 1.82) is 0 Å². The molecule has 0 saturated heterocycles. The van der Waals surface area contributed by atoms with Crippen LogP contribution in [-0.4, -0.2) is 11.9 Å². The Kier molecular flexibility index (Phi) is 6.38. The van der Waals surface area contributed by atoms with E-state index in [0.29, 0.717) is 18.9 Å². The van der Waals surface area contributed by atoms with Gasteiger partial charge in [-0.05, 0) is 48.6 Å². The average molecular weight is 326 g/mol. The van der Waals surface area contributed by atoms with E-state index in [2.05, 4.69) is 19.2 Å². The van der Waals surface area contributed by atoms with Crippen LogP contribution >= 0.6 is 0 Å². The molecule has 0 aliphatic heterocycles. The third kappa shape index (κ3) is 5.10. The number of rotatable bonds is 7. The van der Waals surface area contributed by atoms with Crippen LogP contribution in [0.25, 0.3) is 0 Å². The van der Waals surface area contributed by atoms with E-state index in [0.717, 1.165) is 22.6 Å². The molecule has 0 aliphatic rings. The summed E-state index contributed by atoms with van der Waals surface area (Å²) in [6.07, 6.45) is 0.668. The van der Waals surface area contributed by atoms with Crippen molar-refractivity contribution in [2.24, 2.45) is 11.7 Å². The Morgan fingerprint density at radius 2 is 1.83 bits per heavy atom. The molecule has 2 aromatic carbocycles. The van der Waals surface area contributed by atoms with Crippen molar-refractivity contribution >= 4 is 11.6 Å². The fraction of sp³-hybridized carbons (Fsp3) is 0.350. The molecule has 0 aromatic heterocycles. The number of hydrogen-bond donors (Lipinski definition) is 2. The van der Waals surface area contributed by atoms with Crippen LogP contribution in [0.1, 0.15) is 31.4 Å². The van der Waals surface area contributed by atoms with Gasteiger partial charge >= 0.3 is 0 Å². The number of nitrogens with two attached hydrogens (primary N) is 1. The minimum atomic E-state index is -0.492. The van der Waals surface area contributed by atoms with E-state index in [1.54, 1.807) is 0 Å². The second-order valence-electron chi connectivity index (χ2n) is 6.42. The van der Waals surface area contributed by atoms with E-state index < -0.39 is 6.04 Å². The van der Waals surface area contributed by atoms with Crippen molar-refractivity contribution in [2.45, 2.75) is 39.8 Å². The highest BCUT2D eigenvalue weighted by Gasteiger charge is 2.16. The molecule has 4 nitrogen and oxygen atoms in total. The third-order valence-corrected chi connectivity index (χ3v) is 3.90. The van der Waals surface area contributed by atoms with Crippen molar-refractivity contribution in [2.75, 3.05) is 5.32 Å². The molecule has 1 atom stereocenters. The standard InChI is InChI=1S/C20H26N2O2/c1-14(2)12-18(21)20(23)22-19-11-7-8-16(15(19)3)13-24-17-9-5-4-6-10-17/h4-11,14,18H,12-13,21H2,1-3H3,(H,22,23)/t18-/m0/s1. The van der Waals surface area contributed by atoms with Gasteiger partial charge in [0.25, 0.3) is 0 Å². The summed E-state index contributed by atoms with van der Waals surface area (Å²) in [5.74, 6) is 1.07. The van der Waals surface area contributed by atoms with E-state index in [1.807, 2.05) is 55.5 Å². The number of hydrogen-bond acceptors (Lipinski definition) is 3. The van der Waals surface area contributed by atoms with Crippen LogP contribution in [-0.2, 0) is 11.4 Å². The highest BCUT2D eigenvalue weighted by molar-refractivity contribution is 5.95. The molecule has 1 amide bonds. The summed E-state index contributed by atoms with van der Waals surface area (Å²) in [5, 5.41) is 2.93. The number of carbonyl (C=O) groups excluding carboxylic acids is 1. The maximum Gasteiger partial charge on any atom is 0.241 e. The molecule has 2 rings (SSSR count). The van der Waals surface area contributed by atoms with Crippen LogP contribution < -0.4 is 15.8 Å². The molecule has 0 radical (unpaired) electrons. The summed E-state index contributed by atoms with van der Waals surface area (Å²) < 4.78 is 5.80. The molecular formula is C20H26N2O2. The van der Waals surface area contributed by atoms with Gasteiger partial charge in [0.1, 0.15) is 12.4 Å². The van der Waals surface area contributed by atoms with Gasteiger partial charge in [-0.1, -0.05) is 44.2 Å². The van der Waals surface area contributed by atoms with Crippen molar-refractivity contribution in [1.82, 2.24) is 0 Å². The number of amides is 1. The summed E-state index contributed by atoms with van der Waals surface area (Å²) in [6, 6.07) is 15.0. The van der Waals surface area contributed by atoms with E-state index in [4.69, 9.17) is 10.5 Å². The molecule has 0 fully saturated rings. The number of nitrogens with one attached hydrogen (secondary N) is 1. The Hall–Kier alpha value is -2.33. The Morgan fingerprint density at radius 3 is 2.50 bits per heavy atom. The lowest BCUT2D eigenvalue weighted by Crippen LogP contribution is -2.36. The Labute approximate surface area is 144 Å². The fourth-order valence-corrected chi connectivity index (χ4v) is 2.49. The first-order valence-electron chi connectivity index (χ1n) is 8.30. The molecule has 3 N–H and O–H groups in total. The van der Waals surface area contributed by atoms with Crippen molar-refractivity contribution in [3.63, 3.8) is 0 Å². The largest absolute Gasteiger partial charge is 0.489 e. The lowest BCUT2D eigenvalue weighted by Gasteiger charge is -2.17. The lowest BCUT2D eigenvalue weighted by molar-refractivity contribution is -0.117. The SMILES string of the molecule is Cc1c(COc2ccccc2)cccc1NC(=O)[C@@H](N)CC(C)C. The average Bonchev–Trinajstić information content (AvgIpc) is 2.56. The van der Waals surface area contributed by atoms with Gasteiger partial charge in [-0.15, -0.1) is 0 Å². The fourth-order valence-electron chi connectivity index (χ4n) is 2.49. The van der Waals surface area contributed by atoms with Crippen LogP contribution in [0.5, 0.6) is 5.75 Å². The number of para-hydroxylation sites is 1. The zero-order valence-electron chi connectivity index (χ0n) is 14.6. The van der Waals surface area contributed by atoms with Gasteiger partial charge < -0.3 is 15.8 Å². The Morgan fingerprint density at radius 1 is 1.12 bits per heavy atom. The quantitative estimate of drug-likeness (QED) is 0.811. The molecule has 0 saturated carbocycles. The van der Waals surface area contributed by atoms with Crippen LogP contribution in [0, 0.1) is 12.8 Å². The molecule has 0 heterocycles. The van der Waals surface area contributed by atoms with Crippen molar-refractivity contribution < 1.29 is 9.53 Å². The molecule has 2 aromatic rings. The van der Waals surface area contributed by atoms with Crippen molar-refractivity contribution in [3.8, 4) is 5.75 Å². The first-order valence-corrected chi connectivity index (χ1v) is 8.30. The third-order valence-electron chi connectivity index (χ3n) is 3.90. The van der Waals surface area contributed by atoms with E-state index >= 15 is 0 Å². The van der Waals surface area contributed by atoms with Gasteiger partial charge in [0.05, 0.1) is 6.04 Å². The zero-order valence-corrected chi connectivity index (χ0v) is 14.6. The molecule has 128 valence electrons. The molecule has 0 aliphatic carbocycles. The Balaban J connectivity index is 2.03. The van der Waals surface area contributed by atoms with Crippen LogP contribution in [0.2, 0.25) is 0 Å². The summed E-state index contributed by atoms with van der Waals surface area (Å²) in [7, 11) is 0. The number of carbonyl (C=O) groups is 1. The first-order chi connectivity index (χ1) is 11.5. The number of anilines is 1. The zero-order chi connectivity index (χ0) is 17.5. The number of ether oxygens (including phenoxy) is 1. The van der Waals surface area contributed by atoms with E-state index in [1.165, 1.54) is 0 Å². The van der Waals surface area contributed by atoms with Crippen molar-refractivity contribution in [3.05, 3.63) is 59.7 Å². The molecule has 0 spiro atoms. The summed E-state index contributed by atoms with van der Waals surface area (Å²) in [4.78, 5) is 12.2. The minimum Gasteiger partial charge on any atom is -0.489 e. The van der Waals surface area contributed by atoms with Crippen LogP contribution in [0.4, 0.5) is 5.69 Å². The van der Waals surface area contributed by atoms with Crippen LogP contribution in [0.3, 0.4) is 0 Å². The summed E-state index contributed by atoms with van der Waals surface area (Å²) in [6.45, 7) is 6.55. The second-order valence-corrected chi connectivity index (χ2v) is 6.42. The summed E-state index contributed by atoms with van der Waals surface area (Å²) in [5.41, 5.74) is 8.77. The highest BCUT2D eigenvalue weighted by atomic mass is 16.5. The smallest absolute Gasteiger partial charge is 0.241 e. The van der Waals surface area contributed by atoms with E-state index in [-0.39, 0.29) is 5.91 Å². The molecule has 4 heteroatoms. The Bertz CT molecular complexity index is 669. The summed E-state index contributed by atoms with van der Waals surface area (Å²) >= 11 is 0. The van der Waals surface area contributed by atoms with Gasteiger partial charge in [0, 0.05) is 5.69 Å². The highest BCUT2D eigenvalue weighted by Crippen LogP contribution is 2.21. The normalized spacial score (nSPS) is 12.0. The predicted octanol–water partition coefficient (Wildman–Crippen LogP) is 3.89. The van der Waals surface area contributed by atoms with E-state index in [9.17, 15) is 4.79 Å². The van der Waals surface area contributed by atoms with Crippen LogP contribution in [0.15, 0.2) is 48.5 Å². The van der Waals surface area contributed by atoms with Gasteiger partial charge in [-0.25, -0.2) is 0 Å². The van der Waals surface area contributed by atoms with Gasteiger partial charge in [0.15, 0.2) is 0 Å². The molecule has 0 bridgehead atoms. The van der Waals surface area contributed by atoms with Gasteiger partial charge in [-0.2, -0.15) is 0 Å². The molecule has 0 unspecified atom stereocenters. The topological polar surface area (TPSA) is 64.3 Å². The minimum absolute atomic E-state index is 0.145. The lowest BCUT2D eigenvalue weighted by atomic mass is 10.0. The molecule has 24 heavy (non-hydrogen) atoms. The maximum absolute atomic E-state index is 12.2.